The molecule has 0 radical (unpaired) electrons. The summed E-state index contributed by atoms with van der Waals surface area (Å²) in [5.74, 6) is 0.490. The van der Waals surface area contributed by atoms with Gasteiger partial charge in [0.05, 0.1) is 11.6 Å². The maximum atomic E-state index is 12.6. The average Bonchev–Trinajstić information content (AvgIpc) is 2.92. The molecular weight excluding hydrogens is 260 g/mol. The highest BCUT2D eigenvalue weighted by Crippen LogP contribution is 2.25. The number of amides is 1. The molecule has 1 aromatic rings. The third-order valence-electron chi connectivity index (χ3n) is 4.57. The highest BCUT2D eigenvalue weighted by Gasteiger charge is 2.37. The quantitative estimate of drug-likeness (QED) is 0.873. The van der Waals surface area contributed by atoms with Crippen LogP contribution in [-0.4, -0.2) is 18.0 Å². The molecule has 0 aromatic heterocycles. The van der Waals surface area contributed by atoms with Crippen LogP contribution >= 0.6 is 0 Å². The molecule has 1 fully saturated rings. The minimum absolute atomic E-state index is 0.0719. The van der Waals surface area contributed by atoms with Crippen LogP contribution < -0.4 is 10.6 Å². The van der Waals surface area contributed by atoms with Crippen LogP contribution in [0.25, 0.3) is 0 Å². The van der Waals surface area contributed by atoms with Crippen LogP contribution in [0.5, 0.6) is 0 Å². The van der Waals surface area contributed by atoms with Crippen molar-refractivity contribution in [2.75, 3.05) is 6.54 Å². The van der Waals surface area contributed by atoms with Crippen molar-refractivity contribution in [1.82, 2.24) is 10.6 Å². The lowest BCUT2D eigenvalue weighted by Crippen LogP contribution is -2.52. The van der Waals surface area contributed by atoms with E-state index in [1.165, 1.54) is 11.1 Å². The SMILES string of the molecule is CCc1ccc(C(NC(=O)C2(C)CCCN2)C(C)C)cc1. The molecule has 2 unspecified atom stereocenters. The molecule has 1 aromatic carbocycles. The van der Waals surface area contributed by atoms with Gasteiger partial charge in [-0.2, -0.15) is 0 Å². The molecule has 0 aliphatic carbocycles. The molecule has 0 saturated carbocycles. The smallest absolute Gasteiger partial charge is 0.240 e. The summed E-state index contributed by atoms with van der Waals surface area (Å²) in [7, 11) is 0. The third-order valence-corrected chi connectivity index (χ3v) is 4.57. The second-order valence-corrected chi connectivity index (χ2v) is 6.65. The topological polar surface area (TPSA) is 41.1 Å². The zero-order chi connectivity index (χ0) is 15.5. The van der Waals surface area contributed by atoms with Crippen LogP contribution in [-0.2, 0) is 11.2 Å². The lowest BCUT2D eigenvalue weighted by atomic mass is 9.92. The molecule has 1 heterocycles. The second kappa shape index (κ2) is 6.61. The Hall–Kier alpha value is -1.35. The standard InChI is InChI=1S/C18H28N2O/c1-5-14-7-9-15(10-8-14)16(13(2)3)20-17(21)18(4)11-6-12-19-18/h7-10,13,16,19H,5-6,11-12H2,1-4H3,(H,20,21). The van der Waals surface area contributed by atoms with Crippen LogP contribution in [0, 0.1) is 5.92 Å². The summed E-state index contributed by atoms with van der Waals surface area (Å²) in [6.45, 7) is 9.41. The predicted octanol–water partition coefficient (Wildman–Crippen LogP) is 3.20. The number of nitrogens with one attached hydrogen (secondary N) is 2. The van der Waals surface area contributed by atoms with Gasteiger partial charge in [-0.15, -0.1) is 0 Å². The Morgan fingerprint density at radius 2 is 2.00 bits per heavy atom. The Morgan fingerprint density at radius 3 is 2.48 bits per heavy atom. The van der Waals surface area contributed by atoms with Crippen molar-refractivity contribution in [3.05, 3.63) is 35.4 Å². The monoisotopic (exact) mass is 288 g/mol. The average molecular weight is 288 g/mol. The van der Waals surface area contributed by atoms with E-state index in [1.807, 2.05) is 6.92 Å². The van der Waals surface area contributed by atoms with E-state index in [9.17, 15) is 4.79 Å². The van der Waals surface area contributed by atoms with Gasteiger partial charge in [0, 0.05) is 0 Å². The van der Waals surface area contributed by atoms with E-state index >= 15 is 0 Å². The molecule has 0 bridgehead atoms. The van der Waals surface area contributed by atoms with Crippen molar-refractivity contribution in [3.8, 4) is 0 Å². The molecule has 2 N–H and O–H groups in total. The van der Waals surface area contributed by atoms with E-state index < -0.39 is 5.54 Å². The molecule has 1 aliphatic rings. The van der Waals surface area contributed by atoms with Crippen LogP contribution in [0.2, 0.25) is 0 Å². The largest absolute Gasteiger partial charge is 0.347 e. The van der Waals surface area contributed by atoms with Gasteiger partial charge in [-0.3, -0.25) is 4.79 Å². The zero-order valence-electron chi connectivity index (χ0n) is 13.7. The first kappa shape index (κ1) is 16.0. The van der Waals surface area contributed by atoms with Gasteiger partial charge in [0.1, 0.15) is 0 Å². The van der Waals surface area contributed by atoms with Crippen LogP contribution in [0.1, 0.15) is 57.7 Å². The number of carbonyl (C=O) groups is 1. The maximum Gasteiger partial charge on any atom is 0.240 e. The summed E-state index contributed by atoms with van der Waals surface area (Å²) in [5.41, 5.74) is 2.12. The summed E-state index contributed by atoms with van der Waals surface area (Å²) < 4.78 is 0. The van der Waals surface area contributed by atoms with Crippen molar-refractivity contribution >= 4 is 5.91 Å². The Morgan fingerprint density at radius 1 is 1.33 bits per heavy atom. The van der Waals surface area contributed by atoms with Crippen molar-refractivity contribution in [3.63, 3.8) is 0 Å². The van der Waals surface area contributed by atoms with Crippen LogP contribution in [0.4, 0.5) is 0 Å². The van der Waals surface area contributed by atoms with E-state index in [4.69, 9.17) is 0 Å². The van der Waals surface area contributed by atoms with E-state index in [-0.39, 0.29) is 11.9 Å². The maximum absolute atomic E-state index is 12.6. The van der Waals surface area contributed by atoms with Gasteiger partial charge >= 0.3 is 0 Å². The summed E-state index contributed by atoms with van der Waals surface area (Å²) in [6.07, 6.45) is 3.03. The molecule has 0 spiro atoms. The predicted molar refractivity (Wildman–Crippen MR) is 87.2 cm³/mol. The Labute approximate surface area is 128 Å². The van der Waals surface area contributed by atoms with E-state index in [1.54, 1.807) is 0 Å². The summed E-state index contributed by atoms with van der Waals surface area (Å²) in [5, 5.41) is 6.59. The van der Waals surface area contributed by atoms with Crippen LogP contribution in [0.3, 0.4) is 0 Å². The van der Waals surface area contributed by atoms with Crippen molar-refractivity contribution in [2.24, 2.45) is 5.92 Å². The second-order valence-electron chi connectivity index (χ2n) is 6.65. The fraction of sp³-hybridized carbons (Fsp3) is 0.611. The minimum atomic E-state index is -0.406. The zero-order valence-corrected chi connectivity index (χ0v) is 13.7. The van der Waals surface area contributed by atoms with Crippen LogP contribution in [0.15, 0.2) is 24.3 Å². The van der Waals surface area contributed by atoms with Gasteiger partial charge in [-0.05, 0) is 49.8 Å². The molecule has 2 rings (SSSR count). The number of carbonyl (C=O) groups excluding carboxylic acids is 1. The van der Waals surface area contributed by atoms with Gasteiger partial charge in [-0.1, -0.05) is 45.0 Å². The van der Waals surface area contributed by atoms with Gasteiger partial charge in [-0.25, -0.2) is 0 Å². The molecule has 2 atom stereocenters. The first-order valence-electron chi connectivity index (χ1n) is 8.11. The fourth-order valence-electron chi connectivity index (χ4n) is 2.98. The van der Waals surface area contributed by atoms with E-state index in [0.717, 1.165) is 25.8 Å². The van der Waals surface area contributed by atoms with E-state index in [2.05, 4.69) is 55.7 Å². The highest BCUT2D eigenvalue weighted by atomic mass is 16.2. The van der Waals surface area contributed by atoms with Crippen molar-refractivity contribution < 1.29 is 4.79 Å². The molecule has 3 nitrogen and oxygen atoms in total. The summed E-state index contributed by atoms with van der Waals surface area (Å²) >= 11 is 0. The number of benzene rings is 1. The summed E-state index contributed by atoms with van der Waals surface area (Å²) in [4.78, 5) is 12.6. The number of rotatable bonds is 5. The Kier molecular flexibility index (Phi) is 5.04. The molecule has 1 saturated heterocycles. The molecular formula is C18H28N2O. The Balaban J connectivity index is 2.13. The minimum Gasteiger partial charge on any atom is -0.347 e. The highest BCUT2D eigenvalue weighted by molar-refractivity contribution is 5.86. The van der Waals surface area contributed by atoms with Gasteiger partial charge in [0.25, 0.3) is 0 Å². The summed E-state index contributed by atoms with van der Waals surface area (Å²) in [6, 6.07) is 8.68. The molecule has 1 aliphatic heterocycles. The fourth-order valence-corrected chi connectivity index (χ4v) is 2.98. The van der Waals surface area contributed by atoms with Crippen molar-refractivity contribution in [1.29, 1.82) is 0 Å². The van der Waals surface area contributed by atoms with E-state index in [0.29, 0.717) is 5.92 Å². The molecule has 3 heteroatoms. The van der Waals surface area contributed by atoms with Crippen molar-refractivity contribution in [2.45, 2.75) is 58.5 Å². The lowest BCUT2D eigenvalue weighted by molar-refractivity contribution is -0.127. The first-order valence-corrected chi connectivity index (χ1v) is 8.11. The normalized spacial score (nSPS) is 23.3. The lowest BCUT2D eigenvalue weighted by Gasteiger charge is -2.29. The first-order chi connectivity index (χ1) is 9.96. The molecule has 1 amide bonds. The number of aryl methyl sites for hydroxylation is 1. The van der Waals surface area contributed by atoms with Gasteiger partial charge < -0.3 is 10.6 Å². The third kappa shape index (κ3) is 3.65. The Bertz CT molecular complexity index is 472. The van der Waals surface area contributed by atoms with Gasteiger partial charge in [0.15, 0.2) is 0 Å². The molecule has 21 heavy (non-hydrogen) atoms. The molecule has 116 valence electrons. The number of hydrogen-bond donors (Lipinski definition) is 2. The number of hydrogen-bond acceptors (Lipinski definition) is 2. The van der Waals surface area contributed by atoms with Gasteiger partial charge in [0.2, 0.25) is 5.91 Å².